The first-order valence-electron chi connectivity index (χ1n) is 8.29. The third kappa shape index (κ3) is 3.02. The van der Waals surface area contributed by atoms with Gasteiger partial charge < -0.3 is 10.2 Å². The molecule has 0 bridgehead atoms. The molecule has 1 aliphatic heterocycles. The highest BCUT2D eigenvalue weighted by molar-refractivity contribution is 7.92. The van der Waals surface area contributed by atoms with Crippen molar-refractivity contribution in [2.45, 2.75) is 31.4 Å². The Morgan fingerprint density at radius 2 is 2.07 bits per heavy atom. The minimum absolute atomic E-state index is 0.0178. The molecule has 1 saturated carbocycles. The fraction of sp³-hybridized carbons (Fsp3) is 0.375. The maximum absolute atomic E-state index is 15.1. The summed E-state index contributed by atoms with van der Waals surface area (Å²) in [5, 5.41) is 24.3. The molecule has 1 aromatic heterocycles. The maximum atomic E-state index is 15.1. The molecule has 2 aliphatic rings. The van der Waals surface area contributed by atoms with Crippen molar-refractivity contribution in [2.24, 2.45) is 0 Å². The van der Waals surface area contributed by atoms with Crippen molar-refractivity contribution < 1.29 is 27.8 Å². The molecule has 2 aromatic rings. The van der Waals surface area contributed by atoms with E-state index < -0.39 is 45.5 Å². The number of amides is 1. The number of nitrogens with zero attached hydrogens (tertiary/aromatic N) is 3. The Labute approximate surface area is 154 Å². The molecule has 0 radical (unpaired) electrons. The second-order valence-electron chi connectivity index (χ2n) is 6.84. The number of halogens is 1. The van der Waals surface area contributed by atoms with Crippen LogP contribution < -0.4 is 9.03 Å². The molecule has 1 aromatic carbocycles. The summed E-state index contributed by atoms with van der Waals surface area (Å²) in [6.45, 7) is -0.346. The summed E-state index contributed by atoms with van der Waals surface area (Å²) in [4.78, 5) is 11.4. The van der Waals surface area contributed by atoms with Crippen molar-refractivity contribution in [3.63, 3.8) is 0 Å². The van der Waals surface area contributed by atoms with Gasteiger partial charge in [-0.25, -0.2) is 13.4 Å². The zero-order valence-electron chi connectivity index (χ0n) is 14.1. The number of aromatic nitrogens is 2. The zero-order chi connectivity index (χ0) is 19.4. The number of rotatable bonds is 4. The number of carbonyl (C=O) groups is 1. The molecule has 2 heterocycles. The van der Waals surface area contributed by atoms with Gasteiger partial charge in [-0.05, 0) is 31.4 Å². The van der Waals surface area contributed by atoms with Gasteiger partial charge in [-0.3, -0.25) is 9.48 Å². The van der Waals surface area contributed by atoms with Crippen molar-refractivity contribution in [3.05, 3.63) is 30.3 Å². The summed E-state index contributed by atoms with van der Waals surface area (Å²) in [7, 11) is -4.27. The summed E-state index contributed by atoms with van der Waals surface area (Å²) in [5.41, 5.74) is -1.04. The van der Waals surface area contributed by atoms with E-state index in [2.05, 4.69) is 5.10 Å². The summed E-state index contributed by atoms with van der Waals surface area (Å²) in [5.74, 6) is -2.41. The number of anilines is 1. The van der Waals surface area contributed by atoms with Gasteiger partial charge in [0.25, 0.3) is 5.91 Å². The van der Waals surface area contributed by atoms with Gasteiger partial charge in [0.05, 0.1) is 18.3 Å². The molecule has 1 amide bonds. The van der Waals surface area contributed by atoms with E-state index >= 15 is 4.39 Å². The second kappa shape index (κ2) is 5.92. The Morgan fingerprint density at radius 1 is 1.33 bits per heavy atom. The van der Waals surface area contributed by atoms with E-state index in [9.17, 15) is 23.4 Å². The molecule has 0 unspecified atom stereocenters. The predicted octanol–water partition coefficient (Wildman–Crippen LogP) is 0.491. The van der Waals surface area contributed by atoms with E-state index in [1.54, 1.807) is 4.72 Å². The molecule has 0 atom stereocenters. The lowest BCUT2D eigenvalue weighted by Gasteiger charge is -2.36. The van der Waals surface area contributed by atoms with Crippen LogP contribution in [0.2, 0.25) is 0 Å². The van der Waals surface area contributed by atoms with E-state index in [1.165, 1.54) is 23.1 Å². The van der Waals surface area contributed by atoms with Gasteiger partial charge in [-0.1, -0.05) is 0 Å². The molecular weight excluding hydrogens is 379 g/mol. The number of carbonyl (C=O) groups excluding carboxylic acids is 1. The highest BCUT2D eigenvalue weighted by atomic mass is 32.2. The Hall–Kier alpha value is -2.66. The monoisotopic (exact) mass is 396 g/mol. The number of phenolic OH excluding ortho intramolecular Hbond substituents is 1. The molecule has 2 fully saturated rings. The highest BCUT2D eigenvalue weighted by Gasteiger charge is 2.38. The van der Waals surface area contributed by atoms with Crippen LogP contribution in [0.15, 0.2) is 24.5 Å². The van der Waals surface area contributed by atoms with Crippen LogP contribution in [-0.4, -0.2) is 46.5 Å². The maximum Gasteiger partial charge on any atom is 0.326 e. The van der Waals surface area contributed by atoms with Crippen molar-refractivity contribution >= 4 is 21.8 Å². The lowest BCUT2D eigenvalue weighted by molar-refractivity contribution is -0.117. The van der Waals surface area contributed by atoms with E-state index in [0.717, 1.165) is 12.5 Å². The molecular formula is C16H17FN4O5S. The quantitative estimate of drug-likeness (QED) is 0.691. The van der Waals surface area contributed by atoms with Gasteiger partial charge in [0.15, 0.2) is 5.82 Å². The summed E-state index contributed by atoms with van der Waals surface area (Å²) >= 11 is 0. The van der Waals surface area contributed by atoms with Crippen LogP contribution in [0.1, 0.15) is 19.3 Å². The van der Waals surface area contributed by atoms with Crippen LogP contribution in [0.3, 0.4) is 0 Å². The number of aromatic hydroxyl groups is 1. The third-order valence-electron chi connectivity index (χ3n) is 4.85. The molecule has 4 rings (SSSR count). The number of benzene rings is 1. The molecule has 3 N–H and O–H groups in total. The fourth-order valence-electron chi connectivity index (χ4n) is 3.29. The van der Waals surface area contributed by atoms with Gasteiger partial charge in [-0.2, -0.15) is 13.5 Å². The van der Waals surface area contributed by atoms with Crippen molar-refractivity contribution in [2.75, 3.05) is 10.8 Å². The topological polar surface area (TPSA) is 125 Å². The molecule has 27 heavy (non-hydrogen) atoms. The van der Waals surface area contributed by atoms with Crippen LogP contribution in [0.5, 0.6) is 5.75 Å². The average molecular weight is 396 g/mol. The molecule has 1 aliphatic carbocycles. The Bertz CT molecular complexity index is 1030. The minimum atomic E-state index is -4.27. The Balaban J connectivity index is 1.71. The normalized spacial score (nSPS) is 20.4. The van der Waals surface area contributed by atoms with Gasteiger partial charge in [0, 0.05) is 17.3 Å². The molecule has 9 nitrogen and oxygen atoms in total. The number of phenols is 1. The van der Waals surface area contributed by atoms with Crippen molar-refractivity contribution in [1.29, 1.82) is 0 Å². The first-order valence-corrected chi connectivity index (χ1v) is 9.73. The van der Waals surface area contributed by atoms with Crippen LogP contribution in [0, 0.1) is 5.82 Å². The van der Waals surface area contributed by atoms with Gasteiger partial charge >= 0.3 is 10.2 Å². The summed E-state index contributed by atoms with van der Waals surface area (Å²) in [6.07, 6.45) is 5.22. The van der Waals surface area contributed by atoms with Crippen LogP contribution >= 0.6 is 0 Å². The Morgan fingerprint density at radius 3 is 2.67 bits per heavy atom. The summed E-state index contributed by atoms with van der Waals surface area (Å²) < 4.78 is 42.8. The van der Waals surface area contributed by atoms with Gasteiger partial charge in [0.2, 0.25) is 0 Å². The largest absolute Gasteiger partial charge is 0.506 e. The number of hydrogen-bond acceptors (Lipinski definition) is 6. The highest BCUT2D eigenvalue weighted by Crippen LogP contribution is 2.39. The fourth-order valence-corrected chi connectivity index (χ4v) is 4.46. The second-order valence-corrected chi connectivity index (χ2v) is 8.43. The summed E-state index contributed by atoms with van der Waals surface area (Å²) in [6, 6.07) is 2.45. The van der Waals surface area contributed by atoms with Gasteiger partial charge in [0.1, 0.15) is 18.0 Å². The first kappa shape index (κ1) is 17.7. The number of hydrogen-bond donors (Lipinski definition) is 3. The number of nitrogens with one attached hydrogen (secondary N) is 1. The van der Waals surface area contributed by atoms with E-state index in [1.807, 2.05) is 0 Å². The van der Waals surface area contributed by atoms with Gasteiger partial charge in [-0.15, -0.1) is 0 Å². The standard InChI is InChI=1S/C16H17FN4O5S/c17-14-11(10-6-18-20(7-10)9-16(24)4-1-5-16)2-3-12(22)15(14)21-8-13(23)19-27(21,25)26/h2-3,6-7,22,24H,1,4-5,8-9H2,(H,19,23). The zero-order valence-corrected chi connectivity index (χ0v) is 14.9. The lowest BCUT2D eigenvalue weighted by Crippen LogP contribution is -2.41. The van der Waals surface area contributed by atoms with Crippen molar-refractivity contribution in [1.82, 2.24) is 14.5 Å². The first-order chi connectivity index (χ1) is 12.7. The predicted molar refractivity (Wildman–Crippen MR) is 92.5 cm³/mol. The van der Waals surface area contributed by atoms with Crippen molar-refractivity contribution in [3.8, 4) is 16.9 Å². The van der Waals surface area contributed by atoms with Crippen LogP contribution in [0.25, 0.3) is 11.1 Å². The molecule has 11 heteroatoms. The van der Waals surface area contributed by atoms with E-state index in [0.29, 0.717) is 22.7 Å². The SMILES string of the molecule is O=C1CN(c2c(O)ccc(-c3cnn(CC4(O)CCC4)c3)c2F)S(=O)(=O)N1. The van der Waals surface area contributed by atoms with E-state index in [-0.39, 0.29) is 12.1 Å². The third-order valence-corrected chi connectivity index (χ3v) is 6.23. The van der Waals surface area contributed by atoms with Crippen LogP contribution in [-0.2, 0) is 21.5 Å². The van der Waals surface area contributed by atoms with E-state index in [4.69, 9.17) is 0 Å². The van der Waals surface area contributed by atoms with Crippen LogP contribution in [0.4, 0.5) is 10.1 Å². The number of aliphatic hydroxyl groups is 1. The smallest absolute Gasteiger partial charge is 0.326 e. The molecule has 144 valence electrons. The minimum Gasteiger partial charge on any atom is -0.506 e. The molecule has 0 spiro atoms. The Kier molecular flexibility index (Phi) is 3.89. The lowest BCUT2D eigenvalue weighted by atomic mass is 9.80. The average Bonchev–Trinajstić information content (AvgIpc) is 3.10. The molecule has 1 saturated heterocycles.